The zero-order valence-electron chi connectivity index (χ0n) is 12.4. The number of halogens is 1. The maximum atomic E-state index is 12.3. The molecular formula is C18H14ClNO3. The molecule has 4 nitrogen and oxygen atoms in total. The molecule has 0 unspecified atom stereocenters. The number of hydrogen-bond donors (Lipinski definition) is 1. The van der Waals surface area contributed by atoms with Crippen molar-refractivity contribution in [1.82, 2.24) is 0 Å². The number of ether oxygens (including phenoxy) is 1. The van der Waals surface area contributed by atoms with Gasteiger partial charge in [0.1, 0.15) is 11.5 Å². The number of benzene rings is 2. The van der Waals surface area contributed by atoms with E-state index in [1.165, 1.54) is 6.26 Å². The van der Waals surface area contributed by atoms with Crippen LogP contribution >= 0.6 is 11.6 Å². The van der Waals surface area contributed by atoms with Gasteiger partial charge in [0.05, 0.1) is 22.5 Å². The smallest absolute Gasteiger partial charge is 0.259 e. The summed E-state index contributed by atoms with van der Waals surface area (Å²) in [5, 5.41) is 3.33. The van der Waals surface area contributed by atoms with Crippen LogP contribution in [0.5, 0.6) is 11.5 Å². The van der Waals surface area contributed by atoms with Crippen LogP contribution < -0.4 is 10.1 Å². The van der Waals surface area contributed by atoms with E-state index >= 15 is 0 Å². The lowest BCUT2D eigenvalue weighted by Crippen LogP contribution is -2.12. The number of aryl methyl sites for hydroxylation is 1. The third kappa shape index (κ3) is 3.38. The van der Waals surface area contributed by atoms with Crippen molar-refractivity contribution >= 4 is 23.2 Å². The highest BCUT2D eigenvalue weighted by atomic mass is 35.5. The highest BCUT2D eigenvalue weighted by Gasteiger charge is 2.14. The molecule has 2 aromatic carbocycles. The van der Waals surface area contributed by atoms with Gasteiger partial charge in [-0.1, -0.05) is 35.9 Å². The molecule has 1 amide bonds. The predicted octanol–water partition coefficient (Wildman–Crippen LogP) is 5.29. The topological polar surface area (TPSA) is 51.5 Å². The largest absolute Gasteiger partial charge is 0.469 e. The van der Waals surface area contributed by atoms with Crippen LogP contribution in [0.4, 0.5) is 5.69 Å². The molecule has 1 heterocycles. The number of anilines is 1. The van der Waals surface area contributed by atoms with Gasteiger partial charge in [-0.15, -0.1) is 0 Å². The molecule has 0 bridgehead atoms. The zero-order valence-corrected chi connectivity index (χ0v) is 13.1. The summed E-state index contributed by atoms with van der Waals surface area (Å²) in [6, 6.07) is 16.0. The second-order valence-corrected chi connectivity index (χ2v) is 5.28. The molecule has 3 aromatic rings. The van der Waals surface area contributed by atoms with Crippen LogP contribution in [0.1, 0.15) is 16.1 Å². The molecule has 0 spiro atoms. The average Bonchev–Trinajstić information content (AvgIpc) is 2.97. The fourth-order valence-corrected chi connectivity index (χ4v) is 2.29. The van der Waals surface area contributed by atoms with Crippen LogP contribution in [0, 0.1) is 6.92 Å². The van der Waals surface area contributed by atoms with Gasteiger partial charge in [0.15, 0.2) is 5.75 Å². The van der Waals surface area contributed by atoms with Crippen LogP contribution in [-0.4, -0.2) is 5.91 Å². The molecule has 0 fully saturated rings. The second kappa shape index (κ2) is 6.58. The number of hydrogen-bond acceptors (Lipinski definition) is 3. The van der Waals surface area contributed by atoms with E-state index < -0.39 is 0 Å². The normalized spacial score (nSPS) is 10.3. The molecule has 3 rings (SSSR count). The van der Waals surface area contributed by atoms with Gasteiger partial charge >= 0.3 is 0 Å². The number of carbonyl (C=O) groups excluding carboxylic acids is 1. The number of para-hydroxylation sites is 3. The number of furan rings is 1. The van der Waals surface area contributed by atoms with E-state index in [1.54, 1.807) is 37.3 Å². The lowest BCUT2D eigenvalue weighted by atomic mass is 10.2. The van der Waals surface area contributed by atoms with E-state index in [-0.39, 0.29) is 5.91 Å². The SMILES string of the molecule is Cc1occc1C(=O)Nc1ccccc1Oc1ccccc1Cl. The summed E-state index contributed by atoms with van der Waals surface area (Å²) >= 11 is 6.11. The quantitative estimate of drug-likeness (QED) is 0.708. The number of amides is 1. The second-order valence-electron chi connectivity index (χ2n) is 4.87. The van der Waals surface area contributed by atoms with E-state index in [0.29, 0.717) is 33.5 Å². The van der Waals surface area contributed by atoms with E-state index in [4.69, 9.17) is 20.8 Å². The summed E-state index contributed by atoms with van der Waals surface area (Å²) in [7, 11) is 0. The van der Waals surface area contributed by atoms with Gasteiger partial charge in [-0.2, -0.15) is 0 Å². The number of rotatable bonds is 4. The molecule has 1 N–H and O–H groups in total. The molecule has 23 heavy (non-hydrogen) atoms. The lowest BCUT2D eigenvalue weighted by Gasteiger charge is -2.12. The molecule has 0 saturated carbocycles. The molecule has 0 aliphatic carbocycles. The Morgan fingerprint density at radius 2 is 1.74 bits per heavy atom. The fraction of sp³-hybridized carbons (Fsp3) is 0.0556. The summed E-state index contributed by atoms with van der Waals surface area (Å²) in [6.45, 7) is 1.74. The average molecular weight is 328 g/mol. The Labute approximate surface area is 138 Å². The molecule has 0 aliphatic rings. The van der Waals surface area contributed by atoms with Gasteiger partial charge in [0.2, 0.25) is 0 Å². The van der Waals surface area contributed by atoms with Crippen LogP contribution in [0.25, 0.3) is 0 Å². The first kappa shape index (κ1) is 15.2. The van der Waals surface area contributed by atoms with Crippen molar-refractivity contribution < 1.29 is 13.9 Å². The van der Waals surface area contributed by atoms with Gasteiger partial charge in [0, 0.05) is 0 Å². The van der Waals surface area contributed by atoms with Crippen molar-refractivity contribution in [2.45, 2.75) is 6.92 Å². The van der Waals surface area contributed by atoms with Crippen LogP contribution in [0.15, 0.2) is 65.3 Å². The van der Waals surface area contributed by atoms with Gasteiger partial charge in [0.25, 0.3) is 5.91 Å². The third-order valence-electron chi connectivity index (χ3n) is 3.30. The Balaban J connectivity index is 1.85. The maximum absolute atomic E-state index is 12.3. The van der Waals surface area contributed by atoms with E-state index in [9.17, 15) is 4.79 Å². The molecule has 0 aliphatic heterocycles. The molecule has 0 saturated heterocycles. The van der Waals surface area contributed by atoms with Gasteiger partial charge in [-0.3, -0.25) is 4.79 Å². The highest BCUT2D eigenvalue weighted by molar-refractivity contribution is 6.32. The predicted molar refractivity (Wildman–Crippen MR) is 89.4 cm³/mol. The summed E-state index contributed by atoms with van der Waals surface area (Å²) in [4.78, 5) is 12.3. The van der Waals surface area contributed by atoms with Crippen LogP contribution in [0.3, 0.4) is 0 Å². The van der Waals surface area contributed by atoms with Crippen molar-refractivity contribution in [3.05, 3.63) is 77.2 Å². The van der Waals surface area contributed by atoms with Crippen molar-refractivity contribution in [3.8, 4) is 11.5 Å². The minimum atomic E-state index is -0.258. The summed E-state index contributed by atoms with van der Waals surface area (Å²) < 4.78 is 11.0. The summed E-state index contributed by atoms with van der Waals surface area (Å²) in [5.41, 5.74) is 1.04. The van der Waals surface area contributed by atoms with Gasteiger partial charge in [-0.05, 0) is 37.3 Å². The first-order chi connectivity index (χ1) is 11.1. The summed E-state index contributed by atoms with van der Waals surface area (Å²) in [6.07, 6.45) is 1.48. The standard InChI is InChI=1S/C18H14ClNO3/c1-12-13(10-11-22-12)18(21)20-15-7-3-5-9-17(15)23-16-8-4-2-6-14(16)19/h2-11H,1H3,(H,20,21). The molecule has 116 valence electrons. The third-order valence-corrected chi connectivity index (χ3v) is 3.61. The zero-order chi connectivity index (χ0) is 16.2. The summed E-state index contributed by atoms with van der Waals surface area (Å²) in [5.74, 6) is 1.34. The Morgan fingerprint density at radius 1 is 1.04 bits per heavy atom. The molecule has 5 heteroatoms. The number of nitrogens with one attached hydrogen (secondary N) is 1. The van der Waals surface area contributed by atoms with Crippen molar-refractivity contribution in [2.24, 2.45) is 0 Å². The highest BCUT2D eigenvalue weighted by Crippen LogP contribution is 2.33. The fourth-order valence-electron chi connectivity index (χ4n) is 2.12. The van der Waals surface area contributed by atoms with E-state index in [0.717, 1.165) is 0 Å². The van der Waals surface area contributed by atoms with Crippen molar-refractivity contribution in [3.63, 3.8) is 0 Å². The van der Waals surface area contributed by atoms with Crippen LogP contribution in [0.2, 0.25) is 5.02 Å². The number of carbonyl (C=O) groups is 1. The Hall–Kier alpha value is -2.72. The maximum Gasteiger partial charge on any atom is 0.259 e. The lowest BCUT2D eigenvalue weighted by molar-refractivity contribution is 0.102. The van der Waals surface area contributed by atoms with Crippen LogP contribution in [-0.2, 0) is 0 Å². The van der Waals surface area contributed by atoms with Crippen molar-refractivity contribution in [2.75, 3.05) is 5.32 Å². The van der Waals surface area contributed by atoms with Gasteiger partial charge in [-0.25, -0.2) is 0 Å². The first-order valence-electron chi connectivity index (χ1n) is 7.02. The van der Waals surface area contributed by atoms with Gasteiger partial charge < -0.3 is 14.5 Å². The van der Waals surface area contributed by atoms with E-state index in [1.807, 2.05) is 24.3 Å². The Kier molecular flexibility index (Phi) is 4.35. The minimum Gasteiger partial charge on any atom is -0.469 e. The molecule has 0 atom stereocenters. The monoisotopic (exact) mass is 327 g/mol. The molecular weight excluding hydrogens is 314 g/mol. The Morgan fingerprint density at radius 3 is 2.43 bits per heavy atom. The first-order valence-corrected chi connectivity index (χ1v) is 7.40. The van der Waals surface area contributed by atoms with E-state index in [2.05, 4.69) is 5.32 Å². The Bertz CT molecular complexity index is 842. The van der Waals surface area contributed by atoms with Crippen molar-refractivity contribution in [1.29, 1.82) is 0 Å². The molecule has 0 radical (unpaired) electrons. The minimum absolute atomic E-state index is 0.258. The molecule has 1 aromatic heterocycles.